The summed E-state index contributed by atoms with van der Waals surface area (Å²) < 4.78 is 4.72. The summed E-state index contributed by atoms with van der Waals surface area (Å²) in [6, 6.07) is 31.0. The number of carbonyl (C=O) groups excluding carboxylic acids is 4. The number of aliphatic hydroxyl groups is 1. The van der Waals surface area contributed by atoms with Crippen LogP contribution < -0.4 is 16.1 Å². The van der Waals surface area contributed by atoms with Crippen molar-refractivity contribution in [1.29, 1.82) is 0 Å². The summed E-state index contributed by atoms with van der Waals surface area (Å²) in [5.74, 6) is -0.704. The number of hydrogen-bond donors (Lipinski definition) is 4. The van der Waals surface area contributed by atoms with Crippen molar-refractivity contribution in [2.24, 2.45) is 10.8 Å². The molecular weight excluding hydrogens is 797 g/mol. The number of fused-ring (bicyclic) bond motifs is 1. The Balaban J connectivity index is 1.22. The number of ether oxygens (including phenoxy) is 1. The summed E-state index contributed by atoms with van der Waals surface area (Å²) >= 11 is 0. The molecule has 1 fully saturated rings. The molecule has 0 spiro atoms. The van der Waals surface area contributed by atoms with Crippen LogP contribution in [0.2, 0.25) is 0 Å². The number of aliphatic hydroxyl groups excluding tert-OH is 1. The molecule has 1 aliphatic heterocycles. The van der Waals surface area contributed by atoms with Crippen LogP contribution >= 0.6 is 0 Å². The summed E-state index contributed by atoms with van der Waals surface area (Å²) in [7, 11) is 1.28. The number of carbonyl (C=O) groups is 4. The van der Waals surface area contributed by atoms with Gasteiger partial charge >= 0.3 is 12.1 Å². The molecule has 4 N–H and O–H groups in total. The molecule has 3 aromatic carbocycles. The van der Waals surface area contributed by atoms with E-state index >= 15 is 0 Å². The second kappa shape index (κ2) is 20.7. The number of nitrogens with one attached hydrogen (secondary N) is 3. The van der Waals surface area contributed by atoms with Crippen LogP contribution in [0.4, 0.5) is 9.59 Å². The molecule has 1 aliphatic rings. The van der Waals surface area contributed by atoms with Crippen molar-refractivity contribution in [2.45, 2.75) is 78.7 Å². The molecule has 5 amide bonds. The summed E-state index contributed by atoms with van der Waals surface area (Å²) in [6.07, 6.45) is 2.05. The van der Waals surface area contributed by atoms with Gasteiger partial charge in [0, 0.05) is 69.0 Å². The van der Waals surface area contributed by atoms with Gasteiger partial charge < -0.3 is 30.3 Å². The number of amides is 5. The summed E-state index contributed by atoms with van der Waals surface area (Å²) in [5.41, 5.74) is 7.04. The highest BCUT2D eigenvalue weighted by molar-refractivity contribution is 5.89. The molecule has 63 heavy (non-hydrogen) atoms. The van der Waals surface area contributed by atoms with E-state index in [-0.39, 0.29) is 50.3 Å². The number of para-hydroxylation sites is 1. The average molecular weight is 857 g/mol. The van der Waals surface area contributed by atoms with Gasteiger partial charge in [0.05, 0.1) is 30.5 Å². The minimum absolute atomic E-state index is 0.0527. The van der Waals surface area contributed by atoms with Gasteiger partial charge in [-0.3, -0.25) is 25.0 Å². The van der Waals surface area contributed by atoms with Crippen molar-refractivity contribution < 1.29 is 29.0 Å². The van der Waals surface area contributed by atoms with Crippen molar-refractivity contribution in [1.82, 2.24) is 40.8 Å². The van der Waals surface area contributed by atoms with Gasteiger partial charge in [-0.25, -0.2) is 14.6 Å². The molecule has 0 aliphatic carbocycles. The number of urea groups is 1. The maximum atomic E-state index is 14.7. The minimum Gasteiger partial charge on any atom is -0.453 e. The first-order valence-electron chi connectivity index (χ1n) is 21.4. The number of benzene rings is 3. The van der Waals surface area contributed by atoms with Crippen molar-refractivity contribution in [2.75, 3.05) is 33.3 Å². The van der Waals surface area contributed by atoms with Gasteiger partial charge in [0.25, 0.3) is 0 Å². The quantitative estimate of drug-likeness (QED) is 0.0735. The van der Waals surface area contributed by atoms with Gasteiger partial charge in [0.1, 0.15) is 6.04 Å². The summed E-state index contributed by atoms with van der Waals surface area (Å²) in [6.45, 7) is 11.1. The van der Waals surface area contributed by atoms with E-state index in [1.807, 2.05) is 138 Å². The number of pyridine rings is 2. The van der Waals surface area contributed by atoms with E-state index in [0.29, 0.717) is 19.6 Å². The maximum absolute atomic E-state index is 14.7. The van der Waals surface area contributed by atoms with Crippen LogP contribution in [-0.4, -0.2) is 105 Å². The fraction of sp³-hybridized carbons (Fsp3) is 0.388. The Hall–Kier alpha value is -6.38. The van der Waals surface area contributed by atoms with Gasteiger partial charge in [0.15, 0.2) is 0 Å². The van der Waals surface area contributed by atoms with Crippen LogP contribution in [0.5, 0.6) is 0 Å². The molecule has 332 valence electrons. The number of rotatable bonds is 18. The molecule has 5 aromatic rings. The Labute approximate surface area is 370 Å². The Morgan fingerprint density at radius 1 is 0.841 bits per heavy atom. The molecule has 14 nitrogen and oxygen atoms in total. The van der Waals surface area contributed by atoms with E-state index in [4.69, 9.17) is 4.74 Å². The standard InChI is InChI=1S/C49H60N8O6/c1-48(2,3)44(57-27-26-55(47(57)62)31-37-23-25-51-40-18-11-10-16-38(37)40)45(60)53-41(28-34-14-8-7-9-15-34)42(58)32-56(54-43(59)29-49(4,5)33-52-46(61)63-6)30-35-19-21-36(22-20-35)39-17-12-13-24-50-39/h7-25,41-42,44,58H,26-33H2,1-6H3,(H,52,61)(H,53,60)(H,54,59). The van der Waals surface area contributed by atoms with Crippen molar-refractivity contribution in [3.63, 3.8) is 0 Å². The number of hydrazine groups is 1. The van der Waals surface area contributed by atoms with Crippen LogP contribution in [0.1, 0.15) is 57.7 Å². The highest BCUT2D eigenvalue weighted by Gasteiger charge is 2.44. The summed E-state index contributed by atoms with van der Waals surface area (Å²) in [4.78, 5) is 66.7. The zero-order valence-electron chi connectivity index (χ0n) is 37.1. The van der Waals surface area contributed by atoms with Gasteiger partial charge in [-0.05, 0) is 58.2 Å². The van der Waals surface area contributed by atoms with E-state index < -0.39 is 35.1 Å². The Kier molecular flexibility index (Phi) is 15.1. The third-order valence-electron chi connectivity index (χ3n) is 11.2. The zero-order chi connectivity index (χ0) is 45.1. The zero-order valence-corrected chi connectivity index (χ0v) is 37.1. The monoisotopic (exact) mass is 856 g/mol. The highest BCUT2D eigenvalue weighted by atomic mass is 16.5. The Morgan fingerprint density at radius 2 is 1.56 bits per heavy atom. The van der Waals surface area contributed by atoms with Gasteiger partial charge in [0.2, 0.25) is 11.8 Å². The lowest BCUT2D eigenvalue weighted by atomic mass is 9.84. The molecule has 0 radical (unpaired) electrons. The second-order valence-electron chi connectivity index (χ2n) is 18.0. The van der Waals surface area contributed by atoms with Gasteiger partial charge in [-0.2, -0.15) is 0 Å². The topological polar surface area (TPSA) is 169 Å². The lowest BCUT2D eigenvalue weighted by molar-refractivity contribution is -0.132. The van der Waals surface area contributed by atoms with E-state index in [1.165, 1.54) is 7.11 Å². The lowest BCUT2D eigenvalue weighted by Gasteiger charge is -2.38. The predicted octanol–water partition coefficient (Wildman–Crippen LogP) is 6.34. The molecule has 6 rings (SSSR count). The molecule has 0 saturated carbocycles. The average Bonchev–Trinajstić information content (AvgIpc) is 3.60. The first-order valence-corrected chi connectivity index (χ1v) is 21.4. The third-order valence-corrected chi connectivity index (χ3v) is 11.2. The molecule has 0 bridgehead atoms. The van der Waals surface area contributed by atoms with Crippen molar-refractivity contribution in [3.8, 4) is 11.3 Å². The fourth-order valence-corrected chi connectivity index (χ4v) is 8.04. The first kappa shape index (κ1) is 46.1. The van der Waals surface area contributed by atoms with E-state index in [9.17, 15) is 24.3 Å². The Morgan fingerprint density at radius 3 is 2.25 bits per heavy atom. The number of nitrogens with zero attached hydrogens (tertiary/aromatic N) is 5. The number of hydrogen-bond acceptors (Lipinski definition) is 9. The predicted molar refractivity (Wildman–Crippen MR) is 243 cm³/mol. The van der Waals surface area contributed by atoms with Crippen LogP contribution in [0.15, 0.2) is 116 Å². The van der Waals surface area contributed by atoms with Crippen LogP contribution in [0.25, 0.3) is 22.2 Å². The van der Waals surface area contributed by atoms with Crippen molar-refractivity contribution >= 4 is 34.8 Å². The largest absolute Gasteiger partial charge is 0.453 e. The summed E-state index contributed by atoms with van der Waals surface area (Å²) in [5, 5.41) is 20.7. The molecule has 14 heteroatoms. The van der Waals surface area contributed by atoms with Crippen molar-refractivity contribution in [3.05, 3.63) is 132 Å². The van der Waals surface area contributed by atoms with E-state index in [2.05, 4.69) is 26.0 Å². The van der Waals surface area contributed by atoms with Gasteiger partial charge in [-0.15, -0.1) is 0 Å². The molecular formula is C49H60N8O6. The van der Waals surface area contributed by atoms with Crippen LogP contribution in [0.3, 0.4) is 0 Å². The third kappa shape index (κ3) is 12.6. The number of methoxy groups -OCH3 is 1. The van der Waals surface area contributed by atoms with E-state index in [1.54, 1.807) is 27.2 Å². The second-order valence-corrected chi connectivity index (χ2v) is 18.0. The smallest absolute Gasteiger partial charge is 0.406 e. The molecule has 3 atom stereocenters. The molecule has 3 heterocycles. The SMILES string of the molecule is COC(=O)NCC(C)(C)CC(=O)NN(Cc1ccc(-c2ccccn2)cc1)CC(O)C(Cc1ccccc1)NC(=O)C(N1CCN(Cc2ccnc3ccccc23)C1=O)C(C)(C)C. The molecule has 3 unspecified atom stereocenters. The molecule has 1 saturated heterocycles. The molecule has 2 aromatic heterocycles. The number of aromatic nitrogens is 2. The number of alkyl carbamates (subject to hydrolysis) is 1. The Bertz CT molecular complexity index is 2310. The fourth-order valence-electron chi connectivity index (χ4n) is 8.04. The van der Waals surface area contributed by atoms with E-state index in [0.717, 1.165) is 38.9 Å². The normalized spacial score (nSPS) is 14.6. The minimum atomic E-state index is -1.18. The lowest BCUT2D eigenvalue weighted by Crippen LogP contribution is -2.59. The van der Waals surface area contributed by atoms with Gasteiger partial charge in [-0.1, -0.05) is 113 Å². The maximum Gasteiger partial charge on any atom is 0.406 e. The van der Waals surface area contributed by atoms with Crippen LogP contribution in [0, 0.1) is 10.8 Å². The highest BCUT2D eigenvalue weighted by Crippen LogP contribution is 2.30. The van der Waals surface area contributed by atoms with Crippen LogP contribution in [-0.2, 0) is 33.8 Å². The first-order chi connectivity index (χ1) is 30.1.